The third kappa shape index (κ3) is 4.71. The summed E-state index contributed by atoms with van der Waals surface area (Å²) in [6.07, 6.45) is 4.92. The standard InChI is InChI=1S/C26H37N3O4S/c1-25(2,3)28-23(32)21-26-14-13-18(34-26)19(22(31)27-17-11-7-6-8-12-17)20(26)24(33)29(21)15-9-4-5-10-16-30/h6-8,11-12,18-21,30H,4-5,9-10,13-16H2,1-3H3,(H,27,31)(H,28,32)/t18-,19+,20+,21?,26?/m1/s1. The lowest BCUT2D eigenvalue weighted by Gasteiger charge is -2.36. The quantitative estimate of drug-likeness (QED) is 0.465. The zero-order chi connectivity index (χ0) is 24.5. The molecular weight excluding hydrogens is 450 g/mol. The summed E-state index contributed by atoms with van der Waals surface area (Å²) in [4.78, 5) is 42.6. The van der Waals surface area contributed by atoms with E-state index in [1.54, 1.807) is 16.7 Å². The molecule has 1 spiro atoms. The van der Waals surface area contributed by atoms with Crippen molar-refractivity contribution in [3.63, 3.8) is 0 Å². The molecule has 2 bridgehead atoms. The number of para-hydroxylation sites is 1. The van der Waals surface area contributed by atoms with E-state index in [4.69, 9.17) is 5.11 Å². The Balaban J connectivity index is 1.59. The highest BCUT2D eigenvalue weighted by Gasteiger charge is 2.73. The van der Waals surface area contributed by atoms with Gasteiger partial charge in [0.05, 0.1) is 16.6 Å². The maximum atomic E-state index is 13.9. The number of hydrogen-bond donors (Lipinski definition) is 3. The highest BCUT2D eigenvalue weighted by Crippen LogP contribution is 2.66. The lowest BCUT2D eigenvalue weighted by atomic mass is 9.70. The smallest absolute Gasteiger partial charge is 0.244 e. The van der Waals surface area contributed by atoms with Gasteiger partial charge in [-0.25, -0.2) is 0 Å². The predicted molar refractivity (Wildman–Crippen MR) is 134 cm³/mol. The van der Waals surface area contributed by atoms with Crippen LogP contribution in [0.25, 0.3) is 0 Å². The Hall–Kier alpha value is -2.06. The fourth-order valence-corrected chi connectivity index (χ4v) is 8.15. The first-order valence-electron chi connectivity index (χ1n) is 12.4. The van der Waals surface area contributed by atoms with Gasteiger partial charge in [0.15, 0.2) is 0 Å². The van der Waals surface area contributed by atoms with Crippen molar-refractivity contribution in [2.24, 2.45) is 11.8 Å². The average molecular weight is 488 g/mol. The number of benzene rings is 1. The molecule has 0 radical (unpaired) electrons. The molecular formula is C26H37N3O4S. The molecule has 0 aromatic heterocycles. The molecule has 34 heavy (non-hydrogen) atoms. The molecule has 186 valence electrons. The van der Waals surface area contributed by atoms with E-state index >= 15 is 0 Å². The van der Waals surface area contributed by atoms with Gasteiger partial charge in [-0.1, -0.05) is 31.0 Å². The van der Waals surface area contributed by atoms with Gasteiger partial charge in [0.25, 0.3) is 0 Å². The SMILES string of the molecule is CC(C)(C)NC(=O)C1N(CCCCCCO)C(=O)[C@@H]2[C@@H](C(=O)Nc3ccccc3)[C@H]3CCC12S3. The van der Waals surface area contributed by atoms with Gasteiger partial charge in [0.1, 0.15) is 6.04 Å². The lowest BCUT2D eigenvalue weighted by Crippen LogP contribution is -2.57. The van der Waals surface area contributed by atoms with Crippen LogP contribution in [-0.2, 0) is 14.4 Å². The monoisotopic (exact) mass is 487 g/mol. The average Bonchev–Trinajstić information content (AvgIpc) is 3.40. The van der Waals surface area contributed by atoms with Crippen molar-refractivity contribution in [1.29, 1.82) is 0 Å². The lowest BCUT2D eigenvalue weighted by molar-refractivity contribution is -0.139. The Labute approximate surface area is 206 Å². The van der Waals surface area contributed by atoms with Gasteiger partial charge < -0.3 is 20.6 Å². The van der Waals surface area contributed by atoms with Gasteiger partial charge in [-0.05, 0) is 58.6 Å². The van der Waals surface area contributed by atoms with Crippen LogP contribution in [0.3, 0.4) is 0 Å². The molecule has 4 rings (SSSR count). The number of aliphatic hydroxyl groups excluding tert-OH is 1. The Morgan fingerprint density at radius 3 is 2.50 bits per heavy atom. The van der Waals surface area contributed by atoms with Crippen molar-refractivity contribution in [3.05, 3.63) is 30.3 Å². The molecule has 0 saturated carbocycles. The summed E-state index contributed by atoms with van der Waals surface area (Å²) >= 11 is 1.70. The van der Waals surface area contributed by atoms with E-state index in [1.165, 1.54) is 0 Å². The van der Waals surface area contributed by atoms with Gasteiger partial charge in [-0.2, -0.15) is 0 Å². The first kappa shape index (κ1) is 25.0. The van der Waals surface area contributed by atoms with Crippen LogP contribution in [0.1, 0.15) is 59.3 Å². The summed E-state index contributed by atoms with van der Waals surface area (Å²) in [5.41, 5.74) is 0.315. The molecule has 2 unspecified atom stereocenters. The molecule has 5 atom stereocenters. The number of anilines is 1. The summed E-state index contributed by atoms with van der Waals surface area (Å²) in [5, 5.41) is 15.2. The molecule has 3 N–H and O–H groups in total. The first-order chi connectivity index (χ1) is 16.2. The number of aliphatic hydroxyl groups is 1. The fraction of sp³-hybridized carbons (Fsp3) is 0.654. The number of unbranched alkanes of at least 4 members (excludes halogenated alkanes) is 3. The number of likely N-dealkylation sites (tertiary alicyclic amines) is 1. The zero-order valence-electron chi connectivity index (χ0n) is 20.4. The number of thioether (sulfide) groups is 1. The predicted octanol–water partition coefficient (Wildman–Crippen LogP) is 3.18. The Morgan fingerprint density at radius 2 is 1.82 bits per heavy atom. The van der Waals surface area contributed by atoms with Crippen molar-refractivity contribution < 1.29 is 19.5 Å². The van der Waals surface area contributed by atoms with Crippen molar-refractivity contribution in [3.8, 4) is 0 Å². The topological polar surface area (TPSA) is 98.7 Å². The highest BCUT2D eigenvalue weighted by atomic mass is 32.2. The van der Waals surface area contributed by atoms with Crippen LogP contribution in [0.5, 0.6) is 0 Å². The van der Waals surface area contributed by atoms with Crippen molar-refractivity contribution in [1.82, 2.24) is 10.2 Å². The molecule has 3 aliphatic heterocycles. The van der Waals surface area contributed by atoms with Gasteiger partial charge in [-0.15, -0.1) is 11.8 Å². The number of amides is 3. The first-order valence-corrected chi connectivity index (χ1v) is 13.3. The van der Waals surface area contributed by atoms with Crippen LogP contribution in [0, 0.1) is 11.8 Å². The second-order valence-electron chi connectivity index (χ2n) is 10.8. The number of hydrogen-bond acceptors (Lipinski definition) is 5. The van der Waals surface area contributed by atoms with Gasteiger partial charge in [0, 0.05) is 29.6 Å². The minimum atomic E-state index is -0.563. The van der Waals surface area contributed by atoms with Crippen LogP contribution in [-0.4, -0.2) is 62.5 Å². The summed E-state index contributed by atoms with van der Waals surface area (Å²) in [6, 6.07) is 8.78. The third-order valence-electron chi connectivity index (χ3n) is 7.20. The Kier molecular flexibility index (Phi) is 7.29. The largest absolute Gasteiger partial charge is 0.396 e. The van der Waals surface area contributed by atoms with E-state index < -0.39 is 28.2 Å². The second kappa shape index (κ2) is 9.90. The second-order valence-corrected chi connectivity index (χ2v) is 12.4. The minimum absolute atomic E-state index is 0.0503. The molecule has 1 aromatic carbocycles. The van der Waals surface area contributed by atoms with Gasteiger partial charge in [-0.3, -0.25) is 14.4 Å². The van der Waals surface area contributed by atoms with Crippen LogP contribution in [0.15, 0.2) is 30.3 Å². The van der Waals surface area contributed by atoms with E-state index in [1.807, 2.05) is 51.1 Å². The number of carbonyl (C=O) groups is 3. The molecule has 3 fully saturated rings. The van der Waals surface area contributed by atoms with E-state index in [0.29, 0.717) is 6.54 Å². The van der Waals surface area contributed by atoms with Crippen LogP contribution >= 0.6 is 11.8 Å². The molecule has 0 aliphatic carbocycles. The van der Waals surface area contributed by atoms with Crippen LogP contribution < -0.4 is 10.6 Å². The summed E-state index contributed by atoms with van der Waals surface area (Å²) in [6.45, 7) is 6.52. The van der Waals surface area contributed by atoms with Crippen LogP contribution in [0.4, 0.5) is 5.69 Å². The fourth-order valence-electron chi connectivity index (χ4n) is 5.93. The van der Waals surface area contributed by atoms with E-state index in [9.17, 15) is 14.4 Å². The molecule has 3 amide bonds. The Morgan fingerprint density at radius 1 is 1.12 bits per heavy atom. The number of nitrogens with zero attached hydrogens (tertiary/aromatic N) is 1. The number of fused-ring (bicyclic) bond motifs is 1. The van der Waals surface area contributed by atoms with Crippen molar-refractivity contribution >= 4 is 35.2 Å². The summed E-state index contributed by atoms with van der Waals surface area (Å²) in [5.74, 6) is -1.21. The molecule has 7 nitrogen and oxygen atoms in total. The van der Waals surface area contributed by atoms with E-state index in [-0.39, 0.29) is 29.6 Å². The molecule has 3 saturated heterocycles. The van der Waals surface area contributed by atoms with Gasteiger partial charge >= 0.3 is 0 Å². The zero-order valence-corrected chi connectivity index (χ0v) is 21.2. The van der Waals surface area contributed by atoms with Crippen molar-refractivity contribution in [2.75, 3.05) is 18.5 Å². The van der Waals surface area contributed by atoms with Crippen LogP contribution in [0.2, 0.25) is 0 Å². The number of carbonyl (C=O) groups excluding carboxylic acids is 3. The maximum Gasteiger partial charge on any atom is 0.244 e. The minimum Gasteiger partial charge on any atom is -0.396 e. The van der Waals surface area contributed by atoms with E-state index in [0.717, 1.165) is 44.2 Å². The summed E-state index contributed by atoms with van der Waals surface area (Å²) in [7, 11) is 0. The summed E-state index contributed by atoms with van der Waals surface area (Å²) < 4.78 is -0.555. The highest BCUT2D eigenvalue weighted by molar-refractivity contribution is 8.02. The number of rotatable bonds is 9. The Bertz CT molecular complexity index is 918. The normalized spacial score (nSPS) is 29.9. The molecule has 1 aromatic rings. The van der Waals surface area contributed by atoms with Gasteiger partial charge in [0.2, 0.25) is 17.7 Å². The molecule has 3 heterocycles. The maximum absolute atomic E-state index is 13.9. The third-order valence-corrected chi connectivity index (χ3v) is 9.15. The van der Waals surface area contributed by atoms with Crippen molar-refractivity contribution in [2.45, 2.75) is 80.9 Å². The number of nitrogens with one attached hydrogen (secondary N) is 2. The molecule has 3 aliphatic rings. The molecule has 8 heteroatoms. The van der Waals surface area contributed by atoms with E-state index in [2.05, 4.69) is 10.6 Å².